The summed E-state index contributed by atoms with van der Waals surface area (Å²) in [6, 6.07) is 17.6. The number of piperidine rings is 1. The summed E-state index contributed by atoms with van der Waals surface area (Å²) < 4.78 is 7.25. The van der Waals surface area contributed by atoms with Gasteiger partial charge in [0.1, 0.15) is 11.4 Å². The molecule has 1 saturated heterocycles. The number of para-hydroxylation sites is 2. The Hall–Kier alpha value is -2.83. The normalized spacial score (nSPS) is 16.0. The van der Waals surface area contributed by atoms with E-state index >= 15 is 0 Å². The first kappa shape index (κ1) is 20.9. The predicted octanol–water partition coefficient (Wildman–Crippen LogP) is 3.45. The Morgan fingerprint density at radius 1 is 1.17 bits per heavy atom. The van der Waals surface area contributed by atoms with Crippen LogP contribution in [0.2, 0.25) is 0 Å². The molecule has 1 amide bonds. The van der Waals surface area contributed by atoms with E-state index < -0.39 is 0 Å². The van der Waals surface area contributed by atoms with Gasteiger partial charge in [-0.2, -0.15) is 5.10 Å². The molecule has 0 radical (unpaired) electrons. The Morgan fingerprint density at radius 3 is 2.66 bits per heavy atom. The minimum absolute atomic E-state index is 0. The molecule has 2 heterocycles. The third-order valence-electron chi connectivity index (χ3n) is 4.97. The van der Waals surface area contributed by atoms with E-state index in [0.717, 1.165) is 37.2 Å². The van der Waals surface area contributed by atoms with Crippen LogP contribution in [0.25, 0.3) is 16.9 Å². The third kappa shape index (κ3) is 4.60. The number of aromatic nitrogens is 2. The van der Waals surface area contributed by atoms with Gasteiger partial charge in [-0.25, -0.2) is 4.68 Å². The van der Waals surface area contributed by atoms with Crippen molar-refractivity contribution < 1.29 is 9.53 Å². The quantitative estimate of drug-likeness (QED) is 0.673. The van der Waals surface area contributed by atoms with Gasteiger partial charge in [-0.3, -0.25) is 4.79 Å². The van der Waals surface area contributed by atoms with Gasteiger partial charge < -0.3 is 15.4 Å². The van der Waals surface area contributed by atoms with E-state index in [2.05, 4.69) is 10.6 Å². The maximum atomic E-state index is 13.1. The molecule has 1 aliphatic rings. The molecule has 2 aromatic carbocycles. The van der Waals surface area contributed by atoms with E-state index in [1.807, 2.05) is 54.6 Å². The number of hydrogen-bond donors (Lipinski definition) is 2. The molecule has 4 rings (SSSR count). The molecule has 152 valence electrons. The fourth-order valence-corrected chi connectivity index (χ4v) is 3.53. The lowest BCUT2D eigenvalue weighted by atomic mass is 10.0. The second-order valence-corrected chi connectivity index (χ2v) is 6.89. The molecule has 6 nitrogen and oxygen atoms in total. The van der Waals surface area contributed by atoms with Gasteiger partial charge in [-0.15, -0.1) is 12.4 Å². The molecule has 1 fully saturated rings. The van der Waals surface area contributed by atoms with E-state index in [1.54, 1.807) is 18.0 Å². The van der Waals surface area contributed by atoms with Gasteiger partial charge in [0.05, 0.1) is 18.4 Å². The van der Waals surface area contributed by atoms with Crippen LogP contribution < -0.4 is 15.4 Å². The Bertz CT molecular complexity index is 952. The van der Waals surface area contributed by atoms with Gasteiger partial charge in [0.2, 0.25) is 0 Å². The van der Waals surface area contributed by atoms with Crippen LogP contribution in [0.4, 0.5) is 0 Å². The monoisotopic (exact) mass is 412 g/mol. The summed E-state index contributed by atoms with van der Waals surface area (Å²) >= 11 is 0. The standard InChI is InChI=1S/C22H24N4O2.ClH/c1-28-20-12-6-5-11-18(20)21-19(22(27)24-16-8-7-13-23-14-16)15-26(25-21)17-9-3-2-4-10-17;/h2-6,9-12,15-16,23H,7-8,13-14H2,1H3,(H,24,27);1H. The minimum Gasteiger partial charge on any atom is -0.496 e. The number of hydrogen-bond acceptors (Lipinski definition) is 4. The summed E-state index contributed by atoms with van der Waals surface area (Å²) in [5.74, 6) is 0.575. The van der Waals surface area contributed by atoms with Crippen molar-refractivity contribution in [3.8, 4) is 22.7 Å². The second kappa shape index (κ2) is 9.58. The van der Waals surface area contributed by atoms with Crippen molar-refractivity contribution >= 4 is 18.3 Å². The van der Waals surface area contributed by atoms with Crippen molar-refractivity contribution in [1.82, 2.24) is 20.4 Å². The van der Waals surface area contributed by atoms with Crippen LogP contribution in [0.3, 0.4) is 0 Å². The lowest BCUT2D eigenvalue weighted by molar-refractivity contribution is 0.0931. The summed E-state index contributed by atoms with van der Waals surface area (Å²) in [5.41, 5.74) is 2.85. The van der Waals surface area contributed by atoms with E-state index in [4.69, 9.17) is 9.84 Å². The maximum Gasteiger partial charge on any atom is 0.255 e. The number of halogens is 1. The average Bonchev–Trinajstić information content (AvgIpc) is 3.20. The number of methoxy groups -OCH3 is 1. The molecule has 0 bridgehead atoms. The molecule has 0 saturated carbocycles. The predicted molar refractivity (Wildman–Crippen MR) is 116 cm³/mol. The van der Waals surface area contributed by atoms with Crippen LogP contribution in [0.5, 0.6) is 5.75 Å². The number of benzene rings is 2. The number of nitrogens with one attached hydrogen (secondary N) is 2. The number of amides is 1. The molecule has 3 aromatic rings. The molecule has 1 atom stereocenters. The van der Waals surface area contributed by atoms with Crippen LogP contribution in [0.1, 0.15) is 23.2 Å². The highest BCUT2D eigenvalue weighted by atomic mass is 35.5. The van der Waals surface area contributed by atoms with E-state index in [-0.39, 0.29) is 24.4 Å². The molecule has 1 unspecified atom stereocenters. The first-order chi connectivity index (χ1) is 13.8. The molecule has 0 spiro atoms. The number of carbonyl (C=O) groups is 1. The molecule has 0 aliphatic carbocycles. The topological polar surface area (TPSA) is 68.2 Å². The van der Waals surface area contributed by atoms with E-state index in [9.17, 15) is 4.79 Å². The Balaban J connectivity index is 0.00000240. The number of ether oxygens (including phenoxy) is 1. The van der Waals surface area contributed by atoms with Crippen molar-refractivity contribution in [2.45, 2.75) is 18.9 Å². The second-order valence-electron chi connectivity index (χ2n) is 6.89. The maximum absolute atomic E-state index is 13.1. The molecule has 2 N–H and O–H groups in total. The van der Waals surface area contributed by atoms with E-state index in [0.29, 0.717) is 17.0 Å². The Kier molecular flexibility index (Phi) is 6.90. The fraction of sp³-hybridized carbons (Fsp3) is 0.273. The zero-order chi connectivity index (χ0) is 19.3. The smallest absolute Gasteiger partial charge is 0.255 e. The van der Waals surface area contributed by atoms with Crippen molar-refractivity contribution in [3.05, 3.63) is 66.4 Å². The molecular weight excluding hydrogens is 388 g/mol. The third-order valence-corrected chi connectivity index (χ3v) is 4.97. The molecule has 1 aromatic heterocycles. The zero-order valence-corrected chi connectivity index (χ0v) is 17.1. The van der Waals surface area contributed by atoms with Crippen LogP contribution in [0, 0.1) is 0 Å². The molecular formula is C22H25ClN4O2. The van der Waals surface area contributed by atoms with Gasteiger partial charge in [0.15, 0.2) is 0 Å². The number of carbonyl (C=O) groups excluding carboxylic acids is 1. The summed E-state index contributed by atoms with van der Waals surface area (Å²) in [5, 5.41) is 11.2. The highest BCUT2D eigenvalue weighted by molar-refractivity contribution is 6.00. The SMILES string of the molecule is COc1ccccc1-c1nn(-c2ccccc2)cc1C(=O)NC1CCCNC1.Cl. The first-order valence-corrected chi connectivity index (χ1v) is 9.56. The summed E-state index contributed by atoms with van der Waals surface area (Å²) in [7, 11) is 1.63. The lowest BCUT2D eigenvalue weighted by Crippen LogP contribution is -2.45. The van der Waals surface area contributed by atoms with Gasteiger partial charge >= 0.3 is 0 Å². The molecule has 29 heavy (non-hydrogen) atoms. The fourth-order valence-electron chi connectivity index (χ4n) is 3.53. The van der Waals surface area contributed by atoms with Gasteiger partial charge in [0.25, 0.3) is 5.91 Å². The first-order valence-electron chi connectivity index (χ1n) is 9.56. The summed E-state index contributed by atoms with van der Waals surface area (Å²) in [6.45, 7) is 1.80. The van der Waals surface area contributed by atoms with Crippen molar-refractivity contribution in [1.29, 1.82) is 0 Å². The average molecular weight is 413 g/mol. The Labute approximate surface area is 176 Å². The lowest BCUT2D eigenvalue weighted by Gasteiger charge is -2.23. The molecule has 7 heteroatoms. The van der Waals surface area contributed by atoms with Crippen LogP contribution >= 0.6 is 12.4 Å². The van der Waals surface area contributed by atoms with Gasteiger partial charge in [-0.05, 0) is 43.7 Å². The summed E-state index contributed by atoms with van der Waals surface area (Å²) in [6.07, 6.45) is 3.84. The number of rotatable bonds is 5. The van der Waals surface area contributed by atoms with Crippen LogP contribution in [-0.4, -0.2) is 41.9 Å². The molecule has 1 aliphatic heterocycles. The van der Waals surface area contributed by atoms with Gasteiger partial charge in [-0.1, -0.05) is 30.3 Å². The zero-order valence-electron chi connectivity index (χ0n) is 16.3. The minimum atomic E-state index is -0.114. The number of nitrogens with zero attached hydrogens (tertiary/aromatic N) is 2. The highest BCUT2D eigenvalue weighted by Gasteiger charge is 2.23. The highest BCUT2D eigenvalue weighted by Crippen LogP contribution is 2.31. The largest absolute Gasteiger partial charge is 0.496 e. The van der Waals surface area contributed by atoms with Crippen molar-refractivity contribution in [3.63, 3.8) is 0 Å². The summed E-state index contributed by atoms with van der Waals surface area (Å²) in [4.78, 5) is 13.1. The van der Waals surface area contributed by atoms with Crippen LogP contribution in [-0.2, 0) is 0 Å². The van der Waals surface area contributed by atoms with Crippen molar-refractivity contribution in [2.24, 2.45) is 0 Å². The van der Waals surface area contributed by atoms with E-state index in [1.165, 1.54) is 0 Å². The Morgan fingerprint density at radius 2 is 1.93 bits per heavy atom. The van der Waals surface area contributed by atoms with Crippen LogP contribution in [0.15, 0.2) is 60.8 Å². The van der Waals surface area contributed by atoms with Gasteiger partial charge in [0, 0.05) is 24.3 Å². The van der Waals surface area contributed by atoms with Crippen molar-refractivity contribution in [2.75, 3.05) is 20.2 Å².